The Kier molecular flexibility index (Phi) is 2.73. The second kappa shape index (κ2) is 3.97. The molecule has 1 aromatic carbocycles. The largest absolute Gasteiger partial charge is 0.418 e. The van der Waals surface area contributed by atoms with Crippen molar-refractivity contribution in [3.63, 3.8) is 0 Å². The summed E-state index contributed by atoms with van der Waals surface area (Å²) in [6.07, 6.45) is -4.63. The summed E-state index contributed by atoms with van der Waals surface area (Å²) in [4.78, 5) is 24.4. The molecule has 0 saturated carbocycles. The standard InChI is InChI=1S/C12H8F3NO2/c1-6(17)8-4-7-2-3-10(18)16-11(7)9(5-8)12(13,14)15/h2-5H,1H3,(H,16,18). The first-order valence-corrected chi connectivity index (χ1v) is 5.04. The maximum absolute atomic E-state index is 12.9. The highest BCUT2D eigenvalue weighted by Crippen LogP contribution is 2.34. The normalized spacial score (nSPS) is 11.8. The Balaban J connectivity index is 2.90. The van der Waals surface area contributed by atoms with Gasteiger partial charge in [0.25, 0.3) is 0 Å². The molecule has 0 spiro atoms. The number of hydrogen-bond donors (Lipinski definition) is 1. The van der Waals surface area contributed by atoms with E-state index in [0.717, 1.165) is 12.1 Å². The van der Waals surface area contributed by atoms with Gasteiger partial charge in [-0.15, -0.1) is 0 Å². The molecule has 3 nitrogen and oxygen atoms in total. The molecule has 0 aliphatic heterocycles. The first-order chi connectivity index (χ1) is 8.29. The van der Waals surface area contributed by atoms with E-state index in [9.17, 15) is 22.8 Å². The number of aromatic nitrogens is 1. The van der Waals surface area contributed by atoms with Gasteiger partial charge in [0.2, 0.25) is 5.56 Å². The molecule has 0 unspecified atom stereocenters. The van der Waals surface area contributed by atoms with Gasteiger partial charge in [-0.3, -0.25) is 9.59 Å². The smallest absolute Gasteiger partial charge is 0.321 e. The Hall–Kier alpha value is -2.11. The molecule has 1 heterocycles. The van der Waals surface area contributed by atoms with Gasteiger partial charge in [0.1, 0.15) is 0 Å². The minimum Gasteiger partial charge on any atom is -0.321 e. The van der Waals surface area contributed by atoms with Crippen LogP contribution in [0.15, 0.2) is 29.1 Å². The Morgan fingerprint density at radius 3 is 2.44 bits per heavy atom. The van der Waals surface area contributed by atoms with E-state index in [4.69, 9.17) is 0 Å². The number of Topliss-reactive ketones (excluding diaryl/α,β-unsaturated/α-hetero) is 1. The summed E-state index contributed by atoms with van der Waals surface area (Å²) < 4.78 is 38.6. The third-order valence-electron chi connectivity index (χ3n) is 2.54. The summed E-state index contributed by atoms with van der Waals surface area (Å²) in [6.45, 7) is 1.19. The van der Waals surface area contributed by atoms with Crippen molar-refractivity contribution < 1.29 is 18.0 Å². The van der Waals surface area contributed by atoms with Gasteiger partial charge >= 0.3 is 6.18 Å². The average molecular weight is 255 g/mol. The number of alkyl halides is 3. The summed E-state index contributed by atoms with van der Waals surface area (Å²) in [5.74, 6) is -0.464. The van der Waals surface area contributed by atoms with E-state index in [1.807, 2.05) is 0 Å². The number of carbonyl (C=O) groups excluding carboxylic acids is 1. The van der Waals surface area contributed by atoms with Crippen LogP contribution in [-0.4, -0.2) is 10.8 Å². The number of pyridine rings is 1. The van der Waals surface area contributed by atoms with Gasteiger partial charge in [-0.1, -0.05) is 0 Å². The Morgan fingerprint density at radius 2 is 1.89 bits per heavy atom. The summed E-state index contributed by atoms with van der Waals surface area (Å²) in [7, 11) is 0. The van der Waals surface area contributed by atoms with Crippen LogP contribution < -0.4 is 5.56 Å². The number of aromatic amines is 1. The number of fused-ring (bicyclic) bond motifs is 1. The first kappa shape index (κ1) is 12.3. The molecule has 18 heavy (non-hydrogen) atoms. The second-order valence-corrected chi connectivity index (χ2v) is 3.86. The summed E-state index contributed by atoms with van der Waals surface area (Å²) in [6, 6.07) is 4.45. The maximum Gasteiger partial charge on any atom is 0.418 e. The highest BCUT2D eigenvalue weighted by atomic mass is 19.4. The lowest BCUT2D eigenvalue weighted by atomic mass is 10.0. The van der Waals surface area contributed by atoms with Crippen LogP contribution in [0.1, 0.15) is 22.8 Å². The molecule has 2 aromatic rings. The molecular weight excluding hydrogens is 247 g/mol. The molecule has 1 N–H and O–H groups in total. The number of rotatable bonds is 1. The number of nitrogens with one attached hydrogen (secondary N) is 1. The zero-order valence-corrected chi connectivity index (χ0v) is 9.26. The zero-order valence-electron chi connectivity index (χ0n) is 9.26. The number of hydrogen-bond acceptors (Lipinski definition) is 2. The van der Waals surface area contributed by atoms with Crippen molar-refractivity contribution in [3.8, 4) is 0 Å². The van der Waals surface area contributed by atoms with Crippen LogP contribution in [-0.2, 0) is 6.18 Å². The molecule has 0 saturated heterocycles. The SMILES string of the molecule is CC(=O)c1cc(C(F)(F)F)c2[nH]c(=O)ccc2c1. The van der Waals surface area contributed by atoms with Gasteiger partial charge in [0, 0.05) is 11.6 Å². The third-order valence-corrected chi connectivity index (χ3v) is 2.54. The van der Waals surface area contributed by atoms with Gasteiger partial charge in [-0.05, 0) is 30.5 Å². The first-order valence-electron chi connectivity index (χ1n) is 5.04. The van der Waals surface area contributed by atoms with Gasteiger partial charge in [-0.2, -0.15) is 13.2 Å². The van der Waals surface area contributed by atoms with E-state index in [-0.39, 0.29) is 16.5 Å². The monoisotopic (exact) mass is 255 g/mol. The van der Waals surface area contributed by atoms with Crippen LogP contribution in [0.5, 0.6) is 0 Å². The molecule has 0 amide bonds. The lowest BCUT2D eigenvalue weighted by Gasteiger charge is -2.11. The average Bonchev–Trinajstić information content (AvgIpc) is 2.26. The highest BCUT2D eigenvalue weighted by molar-refractivity contribution is 5.98. The molecule has 0 aliphatic rings. The van der Waals surface area contributed by atoms with E-state index in [1.165, 1.54) is 19.1 Å². The van der Waals surface area contributed by atoms with E-state index in [0.29, 0.717) is 0 Å². The van der Waals surface area contributed by atoms with Crippen LogP contribution in [0.2, 0.25) is 0 Å². The molecule has 2 rings (SSSR count). The summed E-state index contributed by atoms with van der Waals surface area (Å²) >= 11 is 0. The van der Waals surface area contributed by atoms with Crippen molar-refractivity contribution in [2.24, 2.45) is 0 Å². The van der Waals surface area contributed by atoms with E-state index >= 15 is 0 Å². The van der Waals surface area contributed by atoms with Gasteiger partial charge in [-0.25, -0.2) is 0 Å². The Bertz CT molecular complexity index is 686. The van der Waals surface area contributed by atoms with Gasteiger partial charge in [0.05, 0.1) is 11.1 Å². The van der Waals surface area contributed by atoms with Crippen molar-refractivity contribution >= 4 is 16.7 Å². The van der Waals surface area contributed by atoms with Crippen molar-refractivity contribution in [1.29, 1.82) is 0 Å². The summed E-state index contributed by atoms with van der Waals surface area (Å²) in [5.41, 5.74) is -1.98. The molecule has 1 aromatic heterocycles. The molecule has 0 fully saturated rings. The van der Waals surface area contributed by atoms with E-state index in [2.05, 4.69) is 4.98 Å². The summed E-state index contributed by atoms with van der Waals surface area (Å²) in [5, 5.41) is 0.176. The fourth-order valence-electron chi connectivity index (χ4n) is 1.69. The fraction of sp³-hybridized carbons (Fsp3) is 0.167. The molecule has 94 valence electrons. The van der Waals surface area contributed by atoms with Crippen LogP contribution in [0.4, 0.5) is 13.2 Å². The topological polar surface area (TPSA) is 49.9 Å². The number of carbonyl (C=O) groups is 1. The molecule has 0 atom stereocenters. The van der Waals surface area contributed by atoms with E-state index in [1.54, 1.807) is 0 Å². The van der Waals surface area contributed by atoms with Crippen molar-refractivity contribution in [2.45, 2.75) is 13.1 Å². The molecular formula is C12H8F3NO2. The lowest BCUT2D eigenvalue weighted by Crippen LogP contribution is -2.12. The van der Waals surface area contributed by atoms with Crippen molar-refractivity contribution in [3.05, 3.63) is 45.7 Å². The Morgan fingerprint density at radius 1 is 1.22 bits per heavy atom. The number of H-pyrrole nitrogens is 1. The van der Waals surface area contributed by atoms with Crippen LogP contribution in [0, 0.1) is 0 Å². The number of benzene rings is 1. The third kappa shape index (κ3) is 2.13. The second-order valence-electron chi connectivity index (χ2n) is 3.86. The van der Waals surface area contributed by atoms with E-state index < -0.39 is 23.1 Å². The van der Waals surface area contributed by atoms with Crippen LogP contribution in [0.25, 0.3) is 10.9 Å². The van der Waals surface area contributed by atoms with Crippen LogP contribution in [0.3, 0.4) is 0 Å². The van der Waals surface area contributed by atoms with Crippen molar-refractivity contribution in [2.75, 3.05) is 0 Å². The van der Waals surface area contributed by atoms with Crippen LogP contribution >= 0.6 is 0 Å². The van der Waals surface area contributed by atoms with Gasteiger partial charge in [0.15, 0.2) is 5.78 Å². The highest BCUT2D eigenvalue weighted by Gasteiger charge is 2.33. The molecule has 6 heteroatoms. The maximum atomic E-state index is 12.9. The lowest BCUT2D eigenvalue weighted by molar-refractivity contribution is -0.136. The molecule has 0 bridgehead atoms. The zero-order chi connectivity index (χ0) is 13.5. The van der Waals surface area contributed by atoms with Gasteiger partial charge < -0.3 is 4.98 Å². The quantitative estimate of drug-likeness (QED) is 0.796. The predicted molar refractivity (Wildman–Crippen MR) is 59.6 cm³/mol. The molecule has 0 aliphatic carbocycles. The fourth-order valence-corrected chi connectivity index (χ4v) is 1.69. The number of ketones is 1. The Labute approximate surface area is 99.2 Å². The predicted octanol–water partition coefficient (Wildman–Crippen LogP) is 2.75. The van der Waals surface area contributed by atoms with Crippen molar-refractivity contribution in [1.82, 2.24) is 4.98 Å². The minimum atomic E-state index is -4.63. The minimum absolute atomic E-state index is 0.0399. The molecule has 0 radical (unpaired) electrons. The number of halogens is 3.